The Morgan fingerprint density at radius 1 is 0.327 bits per heavy atom. The van der Waals surface area contributed by atoms with Gasteiger partial charge in [-0.25, -0.2) is 0 Å². The normalized spacial score (nSPS) is 11.6. The number of unbranched alkanes of at least 4 members (excludes halogenated alkanes) is 4. The van der Waals surface area contributed by atoms with E-state index in [1.54, 1.807) is 6.92 Å². The number of nitrogens with two attached hydrogens (primary N) is 2. The number of ether oxygens (including phenoxy) is 8. The van der Waals surface area contributed by atoms with E-state index in [4.69, 9.17) is 49.4 Å². The van der Waals surface area contributed by atoms with Crippen LogP contribution in [0.1, 0.15) is 151 Å². The number of carbonyl (C=O) groups excluding carboxylic acids is 14. The van der Waals surface area contributed by atoms with E-state index >= 15 is 0 Å². The molecule has 0 rings (SSSR count). The van der Waals surface area contributed by atoms with Crippen LogP contribution in [0.2, 0.25) is 0 Å². The molecule has 0 aliphatic rings. The van der Waals surface area contributed by atoms with Crippen molar-refractivity contribution in [2.45, 2.75) is 169 Å². The van der Waals surface area contributed by atoms with Gasteiger partial charge >= 0.3 is 0 Å². The molecule has 0 bridgehead atoms. The van der Waals surface area contributed by atoms with Gasteiger partial charge in [-0.2, -0.15) is 0 Å². The van der Waals surface area contributed by atoms with Gasteiger partial charge in [-0.1, -0.05) is 45.4 Å². The fourth-order valence-corrected chi connectivity index (χ4v) is 8.27. The van der Waals surface area contributed by atoms with Crippen molar-refractivity contribution in [3.8, 4) is 0 Å². The molecule has 0 saturated carbocycles. The molecule has 10 amide bonds. The zero-order valence-electron chi connectivity index (χ0n) is 61.0. The molecule has 101 heavy (non-hydrogen) atoms. The van der Waals surface area contributed by atoms with Crippen LogP contribution < -0.4 is 64.6 Å². The van der Waals surface area contributed by atoms with Crippen molar-refractivity contribution in [3.63, 3.8) is 0 Å². The lowest BCUT2D eigenvalue weighted by Crippen LogP contribution is -2.48. The van der Waals surface area contributed by atoms with Gasteiger partial charge in [0.2, 0.25) is 59.1 Å². The Labute approximate surface area is 600 Å². The van der Waals surface area contributed by atoms with Gasteiger partial charge < -0.3 is 96.7 Å². The SMILES string of the molecule is CC(=O)CN[C@@H](CCCCNC(=O)COCCOCCNC(=O)COCCOCCNC(=O)CCCC(=O)NCCCC[C@H](NC(=O)COCCOCCNC(=O)COCCOCCNC(=O)CSC(C)=O)C(=O)NCCCC[C@@H](NCC(C)=O)C(N)=O)C(N)=O.CCCC.CCCC(C)=O. The summed E-state index contributed by atoms with van der Waals surface area (Å²) >= 11 is 0.918. The maximum atomic E-state index is 13.3. The Bertz CT molecular complexity index is 2310. The van der Waals surface area contributed by atoms with Crippen molar-refractivity contribution in [1.82, 2.24) is 53.2 Å². The monoisotopic (exact) mass is 1470 g/mol. The third-order valence-corrected chi connectivity index (χ3v) is 14.1. The zero-order valence-corrected chi connectivity index (χ0v) is 61.8. The van der Waals surface area contributed by atoms with Gasteiger partial charge in [-0.3, -0.25) is 73.0 Å². The van der Waals surface area contributed by atoms with Crippen molar-refractivity contribution in [2.75, 3.05) is 170 Å². The number of hydrogen-bond acceptors (Lipinski definition) is 25. The van der Waals surface area contributed by atoms with Crippen LogP contribution in [-0.4, -0.2) is 270 Å². The number of carbonyl (C=O) groups is 14. The van der Waals surface area contributed by atoms with Crippen LogP contribution in [-0.2, 0) is 105 Å². The molecule has 34 nitrogen and oxygen atoms in total. The fourth-order valence-electron chi connectivity index (χ4n) is 7.84. The molecule has 35 heteroatoms. The van der Waals surface area contributed by atoms with E-state index < -0.39 is 41.8 Å². The standard InChI is InChI=1S/C57H102N12O21S.C5H10O.C4H10/c1-42(70)35-67-45(55(58)80)11-4-7-17-61-50(75)37-87-31-28-84-24-20-63-51(76)38-88-32-27-83-23-19-62-49(74)15-10-14-48(73)60-16-8-6-13-47(57(82)66-18-9-5-12-46(56(59)81)68-36-43(2)71)69-53(78)40-90-34-30-85-25-21-64-52(77)39-89-33-29-86-26-22-65-54(79)41-91-44(3)72;1-3-4-5(2)6;1-3-4-2/h45-47,67-68H,4-41H2,1-3H3,(H2,58,80)(H2,59,81)(H,60,73)(H,61,75)(H,62,74)(H,63,76)(H,64,77)(H,65,79)(H,66,82)(H,69,78);3-4H2,1-2H3;3-4H2,1-2H3/t45-,46+,47-;;/m0../s1. The van der Waals surface area contributed by atoms with Crippen LogP contribution in [0.3, 0.4) is 0 Å². The highest BCUT2D eigenvalue weighted by molar-refractivity contribution is 8.14. The molecule has 0 radical (unpaired) electrons. The van der Waals surface area contributed by atoms with Gasteiger partial charge in [-0.05, 0) is 91.4 Å². The summed E-state index contributed by atoms with van der Waals surface area (Å²) < 4.78 is 42.9. The lowest BCUT2D eigenvalue weighted by molar-refractivity contribution is -0.132. The Morgan fingerprint density at radius 3 is 0.990 bits per heavy atom. The number of hydrogen-bond donors (Lipinski definition) is 12. The fraction of sp³-hybridized carbons (Fsp3) is 0.788. The predicted molar refractivity (Wildman–Crippen MR) is 378 cm³/mol. The number of nitrogens with one attached hydrogen (secondary N) is 10. The molecule has 0 aromatic carbocycles. The van der Waals surface area contributed by atoms with Crippen molar-refractivity contribution in [3.05, 3.63) is 0 Å². The first-order valence-electron chi connectivity index (χ1n) is 34.8. The second-order valence-corrected chi connectivity index (χ2v) is 24.0. The maximum absolute atomic E-state index is 13.3. The lowest BCUT2D eigenvalue weighted by atomic mass is 10.1. The summed E-state index contributed by atoms with van der Waals surface area (Å²) in [7, 11) is 0. The summed E-state index contributed by atoms with van der Waals surface area (Å²) in [6.07, 6.45) is 9.08. The minimum Gasteiger partial charge on any atom is -0.377 e. The Kier molecular flexibility index (Phi) is 69.9. The van der Waals surface area contributed by atoms with E-state index in [0.717, 1.165) is 24.6 Å². The highest BCUT2D eigenvalue weighted by atomic mass is 32.2. The first-order chi connectivity index (χ1) is 48.4. The molecule has 0 fully saturated rings. The van der Waals surface area contributed by atoms with Crippen LogP contribution in [0.15, 0.2) is 0 Å². The van der Waals surface area contributed by atoms with Gasteiger partial charge in [0.15, 0.2) is 5.12 Å². The lowest BCUT2D eigenvalue weighted by Gasteiger charge is -2.19. The molecule has 0 heterocycles. The molecule has 584 valence electrons. The number of amides is 10. The molecule has 0 aromatic heterocycles. The zero-order chi connectivity index (χ0) is 75.9. The van der Waals surface area contributed by atoms with Gasteiger partial charge in [0.25, 0.3) is 0 Å². The van der Waals surface area contributed by atoms with Gasteiger partial charge in [0, 0.05) is 72.0 Å². The third kappa shape index (κ3) is 74.3. The largest absolute Gasteiger partial charge is 0.377 e. The van der Waals surface area contributed by atoms with Gasteiger partial charge in [-0.15, -0.1) is 0 Å². The van der Waals surface area contributed by atoms with Crippen LogP contribution in [0.25, 0.3) is 0 Å². The molecule has 0 aromatic rings. The number of primary amides is 2. The minimum atomic E-state index is -0.931. The molecular weight excluding hydrogens is 1340 g/mol. The van der Waals surface area contributed by atoms with Gasteiger partial charge in [0.05, 0.1) is 110 Å². The Hall–Kier alpha value is -6.67. The van der Waals surface area contributed by atoms with Crippen molar-refractivity contribution in [2.24, 2.45) is 11.5 Å². The van der Waals surface area contributed by atoms with Crippen LogP contribution in [0, 0.1) is 0 Å². The molecule has 0 unspecified atom stereocenters. The second-order valence-electron chi connectivity index (χ2n) is 22.8. The molecule has 0 aliphatic carbocycles. The molecular formula is C66H122N12O22S. The van der Waals surface area contributed by atoms with E-state index in [0.29, 0.717) is 70.9 Å². The van der Waals surface area contributed by atoms with Crippen molar-refractivity contribution < 1.29 is 105 Å². The number of thioether (sulfide) groups is 1. The Balaban J connectivity index is -0.00000890. The Morgan fingerprint density at radius 2 is 0.653 bits per heavy atom. The molecule has 0 saturated heterocycles. The minimum absolute atomic E-state index is 0.00172. The number of rotatable bonds is 66. The summed E-state index contributed by atoms with van der Waals surface area (Å²) in [5.41, 5.74) is 10.8. The smallest absolute Gasteiger partial charge is 0.246 e. The van der Waals surface area contributed by atoms with E-state index in [2.05, 4.69) is 67.0 Å². The summed E-state index contributed by atoms with van der Waals surface area (Å²) in [4.78, 5) is 165. The average molecular weight is 1470 g/mol. The summed E-state index contributed by atoms with van der Waals surface area (Å²) in [5, 5.41) is 27.1. The highest BCUT2D eigenvalue weighted by Gasteiger charge is 2.22. The molecule has 0 aliphatic heterocycles. The first kappa shape index (κ1) is 98.5. The second kappa shape index (κ2) is 71.7. The summed E-state index contributed by atoms with van der Waals surface area (Å²) in [5.74, 6) is -3.82. The number of ketones is 3. The molecule has 14 N–H and O–H groups in total. The summed E-state index contributed by atoms with van der Waals surface area (Å²) in [6, 6.07) is -2.24. The average Bonchev–Trinajstić information content (AvgIpc) is 1.16. The third-order valence-electron chi connectivity index (χ3n) is 13.2. The van der Waals surface area contributed by atoms with E-state index in [-0.39, 0.29) is 234 Å². The van der Waals surface area contributed by atoms with E-state index in [1.807, 2.05) is 6.92 Å². The molecule has 3 atom stereocenters. The van der Waals surface area contributed by atoms with E-state index in [9.17, 15) is 67.1 Å². The van der Waals surface area contributed by atoms with Gasteiger partial charge in [0.1, 0.15) is 49.8 Å². The first-order valence-corrected chi connectivity index (χ1v) is 35.8. The quantitative estimate of drug-likeness (QED) is 0.0312. The van der Waals surface area contributed by atoms with Crippen molar-refractivity contribution in [1.29, 1.82) is 0 Å². The number of Topliss-reactive ketones (excluding diaryl/α,β-unsaturated/α-hetero) is 3. The van der Waals surface area contributed by atoms with Crippen molar-refractivity contribution >= 4 is 93.3 Å². The van der Waals surface area contributed by atoms with Crippen LogP contribution in [0.4, 0.5) is 0 Å². The molecule has 0 spiro atoms. The topological polar surface area (TPSA) is 485 Å². The highest BCUT2D eigenvalue weighted by Crippen LogP contribution is 2.06. The predicted octanol–water partition coefficient (Wildman–Crippen LogP) is -1.37. The maximum Gasteiger partial charge on any atom is 0.246 e. The van der Waals surface area contributed by atoms with Crippen LogP contribution >= 0.6 is 11.8 Å². The van der Waals surface area contributed by atoms with E-state index in [1.165, 1.54) is 33.6 Å². The van der Waals surface area contributed by atoms with Crippen LogP contribution in [0.5, 0.6) is 0 Å². The summed E-state index contributed by atoms with van der Waals surface area (Å²) in [6.45, 7) is 15.3.